The Kier molecular flexibility index (Phi) is 1.64. The van der Waals surface area contributed by atoms with Gasteiger partial charge in [-0.25, -0.2) is 0 Å². The number of nitrogen functional groups attached to an aromatic ring is 2. The number of phenolic OH excluding ortho intramolecular Hbond substituents is 2. The predicted molar refractivity (Wildman–Crippen MR) is 56.1 cm³/mol. The van der Waals surface area contributed by atoms with Crippen LogP contribution in [0.4, 0.5) is 11.4 Å². The fraction of sp³-hybridized carbons (Fsp3) is 0. The SMILES string of the molecule is Nc1cc(O)c2c(N)c(O)ccc2c1. The molecule has 2 rings (SSSR count). The average molecular weight is 190 g/mol. The highest BCUT2D eigenvalue weighted by molar-refractivity contribution is 6.01. The fourth-order valence-corrected chi connectivity index (χ4v) is 1.48. The number of phenols is 2. The molecule has 14 heavy (non-hydrogen) atoms. The van der Waals surface area contributed by atoms with Crippen LogP contribution in [0.2, 0.25) is 0 Å². The van der Waals surface area contributed by atoms with E-state index in [-0.39, 0.29) is 17.2 Å². The second-order valence-electron chi connectivity index (χ2n) is 3.14. The smallest absolute Gasteiger partial charge is 0.139 e. The lowest BCUT2D eigenvalue weighted by atomic mass is 10.1. The Hall–Kier alpha value is -2.10. The summed E-state index contributed by atoms with van der Waals surface area (Å²) in [5, 5.41) is 20.1. The zero-order chi connectivity index (χ0) is 10.3. The van der Waals surface area contributed by atoms with Crippen LogP contribution >= 0.6 is 0 Å². The summed E-state index contributed by atoms with van der Waals surface area (Å²) in [6, 6.07) is 6.20. The molecule has 0 unspecified atom stereocenters. The lowest BCUT2D eigenvalue weighted by Crippen LogP contribution is -1.90. The van der Waals surface area contributed by atoms with Gasteiger partial charge in [-0.3, -0.25) is 0 Å². The van der Waals surface area contributed by atoms with Gasteiger partial charge in [0.15, 0.2) is 0 Å². The number of nitrogens with two attached hydrogens (primary N) is 2. The molecule has 72 valence electrons. The van der Waals surface area contributed by atoms with Crippen molar-refractivity contribution < 1.29 is 10.2 Å². The van der Waals surface area contributed by atoms with Crippen molar-refractivity contribution in [2.75, 3.05) is 11.5 Å². The quantitative estimate of drug-likeness (QED) is 0.373. The van der Waals surface area contributed by atoms with Crippen molar-refractivity contribution in [1.29, 1.82) is 0 Å². The van der Waals surface area contributed by atoms with E-state index in [1.165, 1.54) is 12.1 Å². The maximum absolute atomic E-state index is 9.59. The molecule has 0 saturated heterocycles. The van der Waals surface area contributed by atoms with E-state index in [9.17, 15) is 10.2 Å². The number of anilines is 2. The molecule has 2 aromatic rings. The van der Waals surface area contributed by atoms with Crippen molar-refractivity contribution in [2.24, 2.45) is 0 Å². The van der Waals surface area contributed by atoms with Crippen molar-refractivity contribution in [3.05, 3.63) is 24.3 Å². The highest BCUT2D eigenvalue weighted by Crippen LogP contribution is 2.36. The van der Waals surface area contributed by atoms with Crippen molar-refractivity contribution in [3.8, 4) is 11.5 Å². The third-order valence-corrected chi connectivity index (χ3v) is 2.14. The summed E-state index contributed by atoms with van der Waals surface area (Å²) in [5.74, 6) is -0.0639. The van der Waals surface area contributed by atoms with Gasteiger partial charge in [0, 0.05) is 11.8 Å². The van der Waals surface area contributed by atoms with E-state index in [0.29, 0.717) is 16.5 Å². The first-order chi connectivity index (χ1) is 6.59. The minimum absolute atomic E-state index is 0.0200. The molecule has 4 heteroatoms. The minimum atomic E-state index is -0.0439. The minimum Gasteiger partial charge on any atom is -0.507 e. The predicted octanol–water partition coefficient (Wildman–Crippen LogP) is 1.42. The number of fused-ring (bicyclic) bond motifs is 1. The number of rotatable bonds is 0. The van der Waals surface area contributed by atoms with Crippen molar-refractivity contribution in [2.45, 2.75) is 0 Å². The van der Waals surface area contributed by atoms with Crippen molar-refractivity contribution >= 4 is 22.1 Å². The molecular formula is C10H10N2O2. The third-order valence-electron chi connectivity index (χ3n) is 2.14. The lowest BCUT2D eigenvalue weighted by molar-refractivity contribution is 0.474. The van der Waals surface area contributed by atoms with Crippen LogP contribution in [0.25, 0.3) is 10.8 Å². The Morgan fingerprint density at radius 1 is 0.929 bits per heavy atom. The molecule has 6 N–H and O–H groups in total. The zero-order valence-corrected chi connectivity index (χ0v) is 7.36. The van der Waals surface area contributed by atoms with Gasteiger partial charge in [0.05, 0.1) is 11.1 Å². The Balaban J connectivity index is 2.95. The topological polar surface area (TPSA) is 92.5 Å². The average Bonchev–Trinajstić information content (AvgIpc) is 2.10. The Morgan fingerprint density at radius 3 is 2.36 bits per heavy atom. The second-order valence-corrected chi connectivity index (χ2v) is 3.14. The monoisotopic (exact) mass is 190 g/mol. The van der Waals surface area contributed by atoms with Gasteiger partial charge in [-0.1, -0.05) is 6.07 Å². The molecule has 4 nitrogen and oxygen atoms in total. The Labute approximate surface area is 80.4 Å². The summed E-state index contributed by atoms with van der Waals surface area (Å²) in [7, 11) is 0. The summed E-state index contributed by atoms with van der Waals surface area (Å²) in [5.41, 5.74) is 11.8. The molecule has 0 spiro atoms. The van der Waals surface area contributed by atoms with Crippen molar-refractivity contribution in [3.63, 3.8) is 0 Å². The largest absolute Gasteiger partial charge is 0.507 e. The highest BCUT2D eigenvalue weighted by Gasteiger charge is 2.08. The summed E-state index contributed by atoms with van der Waals surface area (Å²) < 4.78 is 0. The van der Waals surface area contributed by atoms with Crippen LogP contribution in [0.3, 0.4) is 0 Å². The van der Waals surface area contributed by atoms with Crippen LogP contribution in [-0.4, -0.2) is 10.2 Å². The summed E-state index contributed by atoms with van der Waals surface area (Å²) in [4.78, 5) is 0. The van der Waals surface area contributed by atoms with Gasteiger partial charge in [0.25, 0.3) is 0 Å². The molecule has 0 fully saturated rings. The van der Waals surface area contributed by atoms with Crippen LogP contribution < -0.4 is 11.5 Å². The highest BCUT2D eigenvalue weighted by atomic mass is 16.3. The molecule has 0 aliphatic heterocycles. The molecule has 0 aromatic heterocycles. The van der Waals surface area contributed by atoms with Gasteiger partial charge in [-0.2, -0.15) is 0 Å². The van der Waals surface area contributed by atoms with E-state index < -0.39 is 0 Å². The van der Waals surface area contributed by atoms with Crippen LogP contribution in [0.15, 0.2) is 24.3 Å². The summed E-state index contributed by atoms with van der Waals surface area (Å²) in [6.45, 7) is 0. The van der Waals surface area contributed by atoms with Gasteiger partial charge >= 0.3 is 0 Å². The standard InChI is InChI=1S/C10H10N2O2/c11-6-3-5-1-2-7(13)10(12)9(5)8(14)4-6/h1-4,13-14H,11-12H2. The molecule has 0 amide bonds. The number of benzene rings is 2. The molecule has 0 heterocycles. The Morgan fingerprint density at radius 2 is 1.64 bits per heavy atom. The van der Waals surface area contributed by atoms with Gasteiger partial charge < -0.3 is 21.7 Å². The normalized spacial score (nSPS) is 10.6. The molecule has 0 radical (unpaired) electrons. The van der Waals surface area contributed by atoms with Crippen molar-refractivity contribution in [1.82, 2.24) is 0 Å². The van der Waals surface area contributed by atoms with E-state index in [0.717, 1.165) is 0 Å². The molecule has 0 saturated carbocycles. The van der Waals surface area contributed by atoms with E-state index in [1.807, 2.05) is 0 Å². The molecule has 0 aliphatic rings. The first-order valence-electron chi connectivity index (χ1n) is 4.09. The molecular weight excluding hydrogens is 180 g/mol. The summed E-state index contributed by atoms with van der Waals surface area (Å²) in [6.07, 6.45) is 0. The zero-order valence-electron chi connectivity index (χ0n) is 7.36. The number of hydrogen-bond acceptors (Lipinski definition) is 4. The summed E-state index contributed by atoms with van der Waals surface area (Å²) >= 11 is 0. The third kappa shape index (κ3) is 1.08. The maximum atomic E-state index is 9.59. The molecule has 2 aromatic carbocycles. The van der Waals surface area contributed by atoms with Crippen LogP contribution in [0.1, 0.15) is 0 Å². The van der Waals surface area contributed by atoms with E-state index in [4.69, 9.17) is 11.5 Å². The van der Waals surface area contributed by atoms with E-state index in [1.54, 1.807) is 12.1 Å². The fourth-order valence-electron chi connectivity index (χ4n) is 1.48. The second kappa shape index (κ2) is 2.70. The van der Waals surface area contributed by atoms with Gasteiger partial charge in [0.1, 0.15) is 11.5 Å². The van der Waals surface area contributed by atoms with Gasteiger partial charge in [0.2, 0.25) is 0 Å². The lowest BCUT2D eigenvalue weighted by Gasteiger charge is -2.07. The van der Waals surface area contributed by atoms with Gasteiger partial charge in [-0.15, -0.1) is 0 Å². The molecule has 0 atom stereocenters. The first kappa shape index (κ1) is 8.50. The van der Waals surface area contributed by atoms with Gasteiger partial charge in [-0.05, 0) is 17.5 Å². The van der Waals surface area contributed by atoms with Crippen LogP contribution in [0.5, 0.6) is 11.5 Å². The Bertz CT molecular complexity index is 509. The number of aromatic hydroxyl groups is 2. The maximum Gasteiger partial charge on any atom is 0.139 e. The van der Waals surface area contributed by atoms with E-state index >= 15 is 0 Å². The van der Waals surface area contributed by atoms with Crippen LogP contribution in [0, 0.1) is 0 Å². The van der Waals surface area contributed by atoms with Crippen LogP contribution in [-0.2, 0) is 0 Å². The molecule has 0 bridgehead atoms. The molecule has 0 aliphatic carbocycles. The van der Waals surface area contributed by atoms with E-state index in [2.05, 4.69) is 0 Å². The number of hydrogen-bond donors (Lipinski definition) is 4. The first-order valence-corrected chi connectivity index (χ1v) is 4.09.